The predicted molar refractivity (Wildman–Crippen MR) is 63.9 cm³/mol. The Bertz CT molecular complexity index is 505. The first-order valence-corrected chi connectivity index (χ1v) is 5.73. The first-order valence-electron chi connectivity index (χ1n) is 5.35. The second-order valence-electron chi connectivity index (χ2n) is 4.01. The second-order valence-corrected chi connectivity index (χ2v) is 4.44. The van der Waals surface area contributed by atoms with E-state index in [-0.39, 0.29) is 0 Å². The SMILES string of the molecule is Clc1ccc2onc(NC3CCNC3)c2c1. The van der Waals surface area contributed by atoms with Gasteiger partial charge in [-0.15, -0.1) is 0 Å². The highest BCUT2D eigenvalue weighted by Crippen LogP contribution is 2.26. The normalized spacial score (nSPS) is 20.4. The van der Waals surface area contributed by atoms with Crippen molar-refractivity contribution in [2.24, 2.45) is 0 Å². The second kappa shape index (κ2) is 3.96. The Hall–Kier alpha value is -1.26. The molecule has 1 aromatic carbocycles. The Balaban J connectivity index is 1.93. The van der Waals surface area contributed by atoms with Crippen LogP contribution in [0.3, 0.4) is 0 Å². The molecule has 16 heavy (non-hydrogen) atoms. The van der Waals surface area contributed by atoms with Crippen LogP contribution in [0.1, 0.15) is 6.42 Å². The van der Waals surface area contributed by atoms with Crippen molar-refractivity contribution in [3.05, 3.63) is 23.2 Å². The number of nitrogens with one attached hydrogen (secondary N) is 2. The number of aromatic nitrogens is 1. The molecule has 84 valence electrons. The summed E-state index contributed by atoms with van der Waals surface area (Å²) in [6.45, 7) is 2.02. The van der Waals surface area contributed by atoms with Crippen LogP contribution in [0.15, 0.2) is 22.7 Å². The summed E-state index contributed by atoms with van der Waals surface area (Å²) in [5.74, 6) is 0.784. The summed E-state index contributed by atoms with van der Waals surface area (Å²) in [6, 6.07) is 5.93. The lowest BCUT2D eigenvalue weighted by Gasteiger charge is -2.09. The summed E-state index contributed by atoms with van der Waals surface area (Å²) in [6.07, 6.45) is 1.11. The molecule has 1 saturated heterocycles. The van der Waals surface area contributed by atoms with Crippen molar-refractivity contribution < 1.29 is 4.52 Å². The average molecular weight is 238 g/mol. The highest BCUT2D eigenvalue weighted by Gasteiger charge is 2.17. The van der Waals surface area contributed by atoms with E-state index in [1.54, 1.807) is 6.07 Å². The summed E-state index contributed by atoms with van der Waals surface area (Å²) in [4.78, 5) is 0. The molecule has 5 heteroatoms. The Labute approximate surface area is 97.9 Å². The van der Waals surface area contributed by atoms with Gasteiger partial charge in [-0.1, -0.05) is 16.8 Å². The third-order valence-electron chi connectivity index (χ3n) is 2.83. The summed E-state index contributed by atoms with van der Waals surface area (Å²) in [5, 5.41) is 12.3. The number of anilines is 1. The monoisotopic (exact) mass is 237 g/mol. The number of rotatable bonds is 2. The molecule has 1 atom stereocenters. The van der Waals surface area contributed by atoms with Crippen LogP contribution in [0.2, 0.25) is 5.02 Å². The van der Waals surface area contributed by atoms with Gasteiger partial charge in [0.25, 0.3) is 0 Å². The number of nitrogens with zero attached hydrogens (tertiary/aromatic N) is 1. The molecule has 3 rings (SSSR count). The van der Waals surface area contributed by atoms with Gasteiger partial charge in [0.2, 0.25) is 0 Å². The van der Waals surface area contributed by atoms with E-state index in [0.29, 0.717) is 11.1 Å². The van der Waals surface area contributed by atoms with Gasteiger partial charge in [-0.05, 0) is 31.2 Å². The van der Waals surface area contributed by atoms with E-state index < -0.39 is 0 Å². The minimum Gasteiger partial charge on any atom is -0.363 e. The summed E-state index contributed by atoms with van der Waals surface area (Å²) < 4.78 is 5.22. The molecule has 0 bridgehead atoms. The zero-order valence-electron chi connectivity index (χ0n) is 8.66. The fraction of sp³-hybridized carbons (Fsp3) is 0.364. The maximum absolute atomic E-state index is 5.95. The number of halogens is 1. The van der Waals surface area contributed by atoms with Gasteiger partial charge >= 0.3 is 0 Å². The summed E-state index contributed by atoms with van der Waals surface area (Å²) in [5.41, 5.74) is 0.762. The zero-order valence-corrected chi connectivity index (χ0v) is 9.42. The standard InChI is InChI=1S/C11H12ClN3O/c12-7-1-2-10-9(5-7)11(15-16-10)14-8-3-4-13-6-8/h1-2,5,8,13H,3-4,6H2,(H,14,15). The van der Waals surface area contributed by atoms with Gasteiger partial charge in [0.15, 0.2) is 11.4 Å². The number of benzene rings is 1. The molecular formula is C11H12ClN3O. The zero-order chi connectivity index (χ0) is 11.0. The van der Waals surface area contributed by atoms with E-state index in [1.807, 2.05) is 12.1 Å². The molecule has 4 nitrogen and oxygen atoms in total. The van der Waals surface area contributed by atoms with Crippen molar-refractivity contribution in [1.82, 2.24) is 10.5 Å². The van der Waals surface area contributed by atoms with Crippen LogP contribution >= 0.6 is 11.6 Å². The van der Waals surface area contributed by atoms with Crippen molar-refractivity contribution in [2.45, 2.75) is 12.5 Å². The van der Waals surface area contributed by atoms with E-state index >= 15 is 0 Å². The molecule has 2 heterocycles. The van der Waals surface area contributed by atoms with E-state index in [2.05, 4.69) is 15.8 Å². The topological polar surface area (TPSA) is 50.1 Å². The lowest BCUT2D eigenvalue weighted by molar-refractivity contribution is 0.458. The van der Waals surface area contributed by atoms with Gasteiger partial charge in [-0.3, -0.25) is 0 Å². The third kappa shape index (κ3) is 1.74. The molecule has 0 spiro atoms. The Kier molecular flexibility index (Phi) is 2.46. The molecule has 2 aromatic rings. The smallest absolute Gasteiger partial charge is 0.177 e. The maximum atomic E-state index is 5.95. The van der Waals surface area contributed by atoms with Gasteiger partial charge in [-0.25, -0.2) is 0 Å². The van der Waals surface area contributed by atoms with Gasteiger partial charge < -0.3 is 15.2 Å². The fourth-order valence-electron chi connectivity index (χ4n) is 1.99. The van der Waals surface area contributed by atoms with Crippen LogP contribution in [0, 0.1) is 0 Å². The minimum absolute atomic E-state index is 0.423. The molecule has 2 N–H and O–H groups in total. The molecule has 1 aliphatic heterocycles. The van der Waals surface area contributed by atoms with E-state index in [0.717, 1.165) is 36.3 Å². The van der Waals surface area contributed by atoms with Gasteiger partial charge in [-0.2, -0.15) is 0 Å². The Morgan fingerprint density at radius 1 is 1.50 bits per heavy atom. The van der Waals surface area contributed by atoms with Crippen molar-refractivity contribution in [3.8, 4) is 0 Å². The average Bonchev–Trinajstić information content (AvgIpc) is 2.90. The quantitative estimate of drug-likeness (QED) is 0.841. The molecule has 0 saturated carbocycles. The predicted octanol–water partition coefficient (Wildman–Crippen LogP) is 2.25. The first-order chi connectivity index (χ1) is 7.83. The molecule has 0 amide bonds. The van der Waals surface area contributed by atoms with Crippen molar-refractivity contribution in [2.75, 3.05) is 18.4 Å². The van der Waals surface area contributed by atoms with Crippen LogP contribution in [0.5, 0.6) is 0 Å². The van der Waals surface area contributed by atoms with Crippen LogP contribution in [-0.2, 0) is 0 Å². The number of hydrogen-bond acceptors (Lipinski definition) is 4. The molecule has 0 radical (unpaired) electrons. The molecular weight excluding hydrogens is 226 g/mol. The maximum Gasteiger partial charge on any atom is 0.177 e. The van der Waals surface area contributed by atoms with Gasteiger partial charge in [0.1, 0.15) is 0 Å². The third-order valence-corrected chi connectivity index (χ3v) is 3.07. The van der Waals surface area contributed by atoms with Crippen LogP contribution in [0.4, 0.5) is 5.82 Å². The van der Waals surface area contributed by atoms with Crippen LogP contribution in [-0.4, -0.2) is 24.3 Å². The van der Waals surface area contributed by atoms with Crippen molar-refractivity contribution in [3.63, 3.8) is 0 Å². The molecule has 1 unspecified atom stereocenters. The molecule has 0 aliphatic carbocycles. The van der Waals surface area contributed by atoms with Gasteiger partial charge in [0, 0.05) is 17.6 Å². The lowest BCUT2D eigenvalue weighted by Crippen LogP contribution is -2.22. The minimum atomic E-state index is 0.423. The largest absolute Gasteiger partial charge is 0.363 e. The van der Waals surface area contributed by atoms with E-state index in [9.17, 15) is 0 Å². The van der Waals surface area contributed by atoms with Crippen molar-refractivity contribution >= 4 is 28.4 Å². The van der Waals surface area contributed by atoms with Gasteiger partial charge in [0.05, 0.1) is 5.39 Å². The number of fused-ring (bicyclic) bond motifs is 1. The molecule has 1 aromatic heterocycles. The van der Waals surface area contributed by atoms with E-state index in [4.69, 9.17) is 16.1 Å². The highest BCUT2D eigenvalue weighted by atomic mass is 35.5. The highest BCUT2D eigenvalue weighted by molar-refractivity contribution is 6.31. The van der Waals surface area contributed by atoms with Crippen LogP contribution < -0.4 is 10.6 Å². The van der Waals surface area contributed by atoms with Crippen molar-refractivity contribution in [1.29, 1.82) is 0 Å². The lowest BCUT2D eigenvalue weighted by atomic mass is 10.2. The molecule has 1 aliphatic rings. The number of hydrogen-bond donors (Lipinski definition) is 2. The Morgan fingerprint density at radius 2 is 2.44 bits per heavy atom. The van der Waals surface area contributed by atoms with E-state index in [1.165, 1.54) is 0 Å². The Morgan fingerprint density at radius 3 is 3.25 bits per heavy atom. The summed E-state index contributed by atoms with van der Waals surface area (Å²) in [7, 11) is 0. The first kappa shape index (κ1) is 9.93. The molecule has 1 fully saturated rings. The summed E-state index contributed by atoms with van der Waals surface area (Å²) >= 11 is 5.95. The van der Waals surface area contributed by atoms with Crippen LogP contribution in [0.25, 0.3) is 11.0 Å². The fourth-order valence-corrected chi connectivity index (χ4v) is 2.16.